The maximum Gasteiger partial charge on any atom is 0.236 e. The second-order valence-electron chi connectivity index (χ2n) is 4.69. The Hall–Kier alpha value is -1.55. The predicted molar refractivity (Wildman–Crippen MR) is 70.7 cm³/mol. The van der Waals surface area contributed by atoms with E-state index < -0.39 is 0 Å². The Balaban J connectivity index is 2.05. The summed E-state index contributed by atoms with van der Waals surface area (Å²) in [6, 6.07) is 6.17. The van der Waals surface area contributed by atoms with Gasteiger partial charge in [0, 0.05) is 19.5 Å². The largest absolute Gasteiger partial charge is 0.493 e. The van der Waals surface area contributed by atoms with Crippen molar-refractivity contribution in [2.45, 2.75) is 32.4 Å². The van der Waals surface area contributed by atoms with Crippen molar-refractivity contribution < 1.29 is 9.53 Å². The smallest absolute Gasteiger partial charge is 0.236 e. The molecule has 4 nitrogen and oxygen atoms in total. The highest BCUT2D eigenvalue weighted by Gasteiger charge is 2.17. The Labute approximate surface area is 108 Å². The fourth-order valence-corrected chi connectivity index (χ4v) is 2.24. The highest BCUT2D eigenvalue weighted by Crippen LogP contribution is 2.28. The Kier molecular flexibility index (Phi) is 3.87. The lowest BCUT2D eigenvalue weighted by Crippen LogP contribution is -2.41. The Morgan fingerprint density at radius 1 is 1.39 bits per heavy atom. The summed E-state index contributed by atoms with van der Waals surface area (Å²) in [5.74, 6) is 0.997. The van der Waals surface area contributed by atoms with E-state index in [1.54, 1.807) is 7.05 Å². The first kappa shape index (κ1) is 12.9. The third-order valence-electron chi connectivity index (χ3n) is 3.35. The van der Waals surface area contributed by atoms with Gasteiger partial charge in [-0.15, -0.1) is 0 Å². The Morgan fingerprint density at radius 3 is 2.89 bits per heavy atom. The molecule has 0 radical (unpaired) electrons. The Morgan fingerprint density at radius 2 is 2.17 bits per heavy atom. The van der Waals surface area contributed by atoms with Crippen LogP contribution in [0.1, 0.15) is 31.0 Å². The van der Waals surface area contributed by atoms with Gasteiger partial charge in [0.2, 0.25) is 5.91 Å². The number of hydrogen-bond donors (Lipinski definition) is 2. The van der Waals surface area contributed by atoms with Crippen molar-refractivity contribution in [3.05, 3.63) is 29.3 Å². The molecule has 98 valence electrons. The minimum atomic E-state index is -0.200. The predicted octanol–water partition coefficient (Wildman–Crippen LogP) is 1.41. The molecule has 1 amide bonds. The van der Waals surface area contributed by atoms with E-state index in [1.165, 1.54) is 11.1 Å². The summed E-state index contributed by atoms with van der Waals surface area (Å²) in [4.78, 5) is 11.5. The molecule has 1 aromatic carbocycles. The van der Waals surface area contributed by atoms with E-state index in [-0.39, 0.29) is 18.0 Å². The molecule has 1 aliphatic rings. The molecule has 0 fully saturated rings. The number of nitrogens with one attached hydrogen (secondary N) is 2. The van der Waals surface area contributed by atoms with Crippen LogP contribution in [0.25, 0.3) is 0 Å². The first-order valence-electron chi connectivity index (χ1n) is 6.35. The van der Waals surface area contributed by atoms with E-state index in [4.69, 9.17) is 4.74 Å². The number of benzene rings is 1. The molecule has 0 spiro atoms. The molecule has 0 aromatic heterocycles. The van der Waals surface area contributed by atoms with Crippen LogP contribution in [0, 0.1) is 0 Å². The van der Waals surface area contributed by atoms with Crippen molar-refractivity contribution in [1.29, 1.82) is 0 Å². The van der Waals surface area contributed by atoms with Gasteiger partial charge in [0.25, 0.3) is 0 Å². The van der Waals surface area contributed by atoms with Gasteiger partial charge in [-0.2, -0.15) is 0 Å². The number of hydrogen-bond acceptors (Lipinski definition) is 3. The lowest BCUT2D eigenvalue weighted by molar-refractivity contribution is -0.122. The van der Waals surface area contributed by atoms with Crippen molar-refractivity contribution >= 4 is 5.91 Å². The van der Waals surface area contributed by atoms with E-state index in [0.717, 1.165) is 18.8 Å². The van der Waals surface area contributed by atoms with Gasteiger partial charge in [0.1, 0.15) is 5.75 Å². The first-order chi connectivity index (χ1) is 8.61. The van der Waals surface area contributed by atoms with Gasteiger partial charge in [-0.1, -0.05) is 12.1 Å². The SMILES string of the molecule is CNC(=O)C(C)NC(C)c1ccc2c(c1)CCO2. The molecule has 2 unspecified atom stereocenters. The second kappa shape index (κ2) is 5.40. The van der Waals surface area contributed by atoms with Crippen LogP contribution in [0.2, 0.25) is 0 Å². The summed E-state index contributed by atoms with van der Waals surface area (Å²) in [5, 5.41) is 5.93. The highest BCUT2D eigenvalue weighted by atomic mass is 16.5. The molecule has 18 heavy (non-hydrogen) atoms. The molecule has 0 saturated heterocycles. The third-order valence-corrected chi connectivity index (χ3v) is 3.35. The van der Waals surface area contributed by atoms with E-state index in [2.05, 4.69) is 29.7 Å². The number of fused-ring (bicyclic) bond motifs is 1. The first-order valence-corrected chi connectivity index (χ1v) is 6.35. The van der Waals surface area contributed by atoms with E-state index in [0.29, 0.717) is 0 Å². The fourth-order valence-electron chi connectivity index (χ4n) is 2.24. The zero-order chi connectivity index (χ0) is 13.1. The molecule has 2 N–H and O–H groups in total. The number of carbonyl (C=O) groups excluding carboxylic acids is 1. The molecule has 1 aliphatic heterocycles. The molecule has 1 heterocycles. The molecule has 2 atom stereocenters. The van der Waals surface area contributed by atoms with Gasteiger partial charge in [0.15, 0.2) is 0 Å². The summed E-state index contributed by atoms with van der Waals surface area (Å²) in [6.45, 7) is 4.71. The van der Waals surface area contributed by atoms with Crippen LogP contribution >= 0.6 is 0 Å². The van der Waals surface area contributed by atoms with E-state index in [9.17, 15) is 4.79 Å². The monoisotopic (exact) mass is 248 g/mol. The van der Waals surface area contributed by atoms with Crippen LogP contribution in [0.15, 0.2) is 18.2 Å². The van der Waals surface area contributed by atoms with E-state index in [1.807, 2.05) is 13.0 Å². The van der Waals surface area contributed by atoms with Crippen LogP contribution in [-0.4, -0.2) is 25.6 Å². The molecule has 4 heteroatoms. The zero-order valence-corrected chi connectivity index (χ0v) is 11.1. The molecule has 0 bridgehead atoms. The van der Waals surface area contributed by atoms with Gasteiger partial charge in [-0.25, -0.2) is 0 Å². The quantitative estimate of drug-likeness (QED) is 0.847. The topological polar surface area (TPSA) is 50.4 Å². The lowest BCUT2D eigenvalue weighted by Gasteiger charge is -2.19. The number of ether oxygens (including phenoxy) is 1. The lowest BCUT2D eigenvalue weighted by atomic mass is 10.0. The average molecular weight is 248 g/mol. The van der Waals surface area contributed by atoms with Crippen molar-refractivity contribution in [1.82, 2.24) is 10.6 Å². The molecule has 0 saturated carbocycles. The van der Waals surface area contributed by atoms with Crippen molar-refractivity contribution in [3.63, 3.8) is 0 Å². The summed E-state index contributed by atoms with van der Waals surface area (Å²) < 4.78 is 5.49. The van der Waals surface area contributed by atoms with Crippen LogP contribution < -0.4 is 15.4 Å². The minimum absolute atomic E-state index is 0.00587. The van der Waals surface area contributed by atoms with Crippen molar-refractivity contribution in [3.8, 4) is 5.75 Å². The van der Waals surface area contributed by atoms with Gasteiger partial charge in [-0.05, 0) is 31.0 Å². The van der Waals surface area contributed by atoms with Crippen LogP contribution in [0.4, 0.5) is 0 Å². The van der Waals surface area contributed by atoms with Crippen LogP contribution in [0.5, 0.6) is 5.75 Å². The van der Waals surface area contributed by atoms with Gasteiger partial charge in [-0.3, -0.25) is 10.1 Å². The van der Waals surface area contributed by atoms with Gasteiger partial charge >= 0.3 is 0 Å². The molecule has 0 aliphatic carbocycles. The fraction of sp³-hybridized carbons (Fsp3) is 0.500. The van der Waals surface area contributed by atoms with Gasteiger partial charge < -0.3 is 10.1 Å². The molecular weight excluding hydrogens is 228 g/mol. The summed E-state index contributed by atoms with van der Waals surface area (Å²) in [5.41, 5.74) is 2.45. The summed E-state index contributed by atoms with van der Waals surface area (Å²) in [6.07, 6.45) is 0.973. The normalized spacial score (nSPS) is 16.6. The standard InChI is InChI=1S/C14H20N2O2/c1-9(16-10(2)14(17)15-3)11-4-5-13-12(8-11)6-7-18-13/h4-5,8-10,16H,6-7H2,1-3H3,(H,15,17). The molecule has 1 aromatic rings. The third kappa shape index (κ3) is 2.64. The van der Waals surface area contributed by atoms with Crippen LogP contribution in [0.3, 0.4) is 0 Å². The van der Waals surface area contributed by atoms with Crippen LogP contribution in [-0.2, 0) is 11.2 Å². The molecular formula is C14H20N2O2. The number of likely N-dealkylation sites (N-methyl/N-ethyl adjacent to an activating group) is 1. The summed E-state index contributed by atoms with van der Waals surface area (Å²) >= 11 is 0. The van der Waals surface area contributed by atoms with Crippen molar-refractivity contribution in [2.24, 2.45) is 0 Å². The average Bonchev–Trinajstić information content (AvgIpc) is 2.84. The highest BCUT2D eigenvalue weighted by molar-refractivity contribution is 5.80. The second-order valence-corrected chi connectivity index (χ2v) is 4.69. The molecule has 2 rings (SSSR count). The maximum absolute atomic E-state index is 11.5. The number of rotatable bonds is 4. The zero-order valence-electron chi connectivity index (χ0n) is 11.1. The maximum atomic E-state index is 11.5. The number of carbonyl (C=O) groups is 1. The minimum Gasteiger partial charge on any atom is -0.493 e. The Bertz CT molecular complexity index is 445. The summed E-state index contributed by atoms with van der Waals surface area (Å²) in [7, 11) is 1.65. The van der Waals surface area contributed by atoms with E-state index >= 15 is 0 Å². The van der Waals surface area contributed by atoms with Crippen molar-refractivity contribution in [2.75, 3.05) is 13.7 Å². The van der Waals surface area contributed by atoms with Gasteiger partial charge in [0.05, 0.1) is 12.6 Å². The number of amides is 1.